The number of hydrogen-bond donors (Lipinski definition) is 0. The van der Waals surface area contributed by atoms with Gasteiger partial charge in [0.1, 0.15) is 0 Å². The lowest BCUT2D eigenvalue weighted by atomic mass is 10.1. The van der Waals surface area contributed by atoms with Gasteiger partial charge in [-0.2, -0.15) is 0 Å². The highest BCUT2D eigenvalue weighted by atomic mass is 79.9. The molecule has 0 aliphatic carbocycles. The van der Waals surface area contributed by atoms with E-state index in [4.69, 9.17) is 4.43 Å². The Balaban J connectivity index is 1.61. The maximum atomic E-state index is 13.4. The van der Waals surface area contributed by atoms with E-state index in [2.05, 4.69) is 110 Å². The summed E-state index contributed by atoms with van der Waals surface area (Å²) in [5.41, 5.74) is 3.16. The number of amides is 1. The molecule has 2 aromatic rings. The van der Waals surface area contributed by atoms with Crippen molar-refractivity contribution in [1.82, 2.24) is 4.90 Å². The number of hydrogen-bond acceptors (Lipinski definition) is 4. The van der Waals surface area contributed by atoms with Crippen molar-refractivity contribution in [3.8, 4) is 0 Å². The highest BCUT2D eigenvalue weighted by Gasteiger charge is 2.40. The molecule has 36 heavy (non-hydrogen) atoms. The molecule has 0 spiro atoms. The molecule has 2 aromatic carbocycles. The normalized spacial score (nSPS) is 16.6. The lowest BCUT2D eigenvalue weighted by molar-refractivity contribution is 0.0514. The van der Waals surface area contributed by atoms with Gasteiger partial charge in [0.15, 0.2) is 8.32 Å². The van der Waals surface area contributed by atoms with Crippen LogP contribution in [0.5, 0.6) is 0 Å². The first kappa shape index (κ1) is 28.7. The number of likely N-dealkylation sites (N-methyl/N-ethyl adjacent to an activating group) is 1. The molecule has 0 radical (unpaired) electrons. The average molecular weight is 575 g/mol. The van der Waals surface area contributed by atoms with E-state index in [0.717, 1.165) is 42.6 Å². The minimum Gasteiger partial charge on any atom is -0.412 e. The van der Waals surface area contributed by atoms with Gasteiger partial charge in [0.25, 0.3) is 5.91 Å². The minimum atomic E-state index is -1.91. The minimum absolute atomic E-state index is 0.00821. The third-order valence-corrected chi connectivity index (χ3v) is 13.1. The van der Waals surface area contributed by atoms with Crippen LogP contribution in [0.3, 0.4) is 0 Å². The highest BCUT2D eigenvalue weighted by Crippen LogP contribution is 2.38. The van der Waals surface area contributed by atoms with Crippen LogP contribution in [0.1, 0.15) is 51.4 Å². The van der Waals surface area contributed by atoms with Gasteiger partial charge >= 0.3 is 0 Å². The first-order chi connectivity index (χ1) is 16.8. The molecule has 1 fully saturated rings. The fraction of sp³-hybridized carbons (Fsp3) is 0.552. The van der Waals surface area contributed by atoms with Gasteiger partial charge in [-0.3, -0.25) is 4.79 Å². The maximum Gasteiger partial charge on any atom is 0.253 e. The van der Waals surface area contributed by atoms with Crippen molar-refractivity contribution in [3.63, 3.8) is 0 Å². The Bertz CT molecular complexity index is 997. The second-order valence-electron chi connectivity index (χ2n) is 11.5. The molecule has 0 bridgehead atoms. The van der Waals surface area contributed by atoms with Gasteiger partial charge in [-0.05, 0) is 80.0 Å². The summed E-state index contributed by atoms with van der Waals surface area (Å²) in [7, 11) is 0.00195. The predicted octanol–water partition coefficient (Wildman–Crippen LogP) is 7.04. The largest absolute Gasteiger partial charge is 0.412 e. The predicted molar refractivity (Wildman–Crippen MR) is 159 cm³/mol. The van der Waals surface area contributed by atoms with Gasteiger partial charge in [-0.15, -0.1) is 0 Å². The van der Waals surface area contributed by atoms with Crippen LogP contribution >= 0.6 is 15.9 Å². The third-order valence-electron chi connectivity index (χ3n) is 8.02. The van der Waals surface area contributed by atoms with E-state index in [-0.39, 0.29) is 23.1 Å². The van der Waals surface area contributed by atoms with Crippen molar-refractivity contribution in [2.45, 2.75) is 71.3 Å². The molecule has 0 aromatic heterocycles. The van der Waals surface area contributed by atoms with Crippen molar-refractivity contribution in [2.75, 3.05) is 43.0 Å². The molecule has 198 valence electrons. The van der Waals surface area contributed by atoms with Crippen molar-refractivity contribution in [1.29, 1.82) is 0 Å². The fourth-order valence-corrected chi connectivity index (χ4v) is 6.39. The topological polar surface area (TPSA) is 36.0 Å². The van der Waals surface area contributed by atoms with Crippen LogP contribution in [0, 0.1) is 0 Å². The molecule has 2 unspecified atom stereocenters. The van der Waals surface area contributed by atoms with E-state index in [9.17, 15) is 4.79 Å². The molecule has 7 heteroatoms. The average Bonchev–Trinajstić information content (AvgIpc) is 2.83. The number of rotatable bonds is 8. The van der Waals surface area contributed by atoms with Crippen molar-refractivity contribution in [2.24, 2.45) is 0 Å². The summed E-state index contributed by atoms with van der Waals surface area (Å²) >= 11 is 3.51. The number of piperazine rings is 1. The standard InChI is InChI=1S/C29H44BrN3O2Si/c1-9-27(22(2)35-36(7,8)29(3,4)5)31(6)28(34)23-10-14-25(15-11-23)32-18-20-33(21-19-32)26-16-12-24(30)13-17-26/h10-17,22,27H,9,18-21H2,1-8H3. The molecule has 1 aliphatic rings. The van der Waals surface area contributed by atoms with E-state index in [0.29, 0.717) is 0 Å². The Morgan fingerprint density at radius 3 is 1.83 bits per heavy atom. The van der Waals surface area contributed by atoms with Crippen LogP contribution in [0.15, 0.2) is 53.0 Å². The van der Waals surface area contributed by atoms with Gasteiger partial charge in [0.05, 0.1) is 12.1 Å². The van der Waals surface area contributed by atoms with Crippen LogP contribution in [-0.4, -0.2) is 64.5 Å². The molecule has 1 saturated heterocycles. The molecule has 3 rings (SSSR count). The first-order valence-corrected chi connectivity index (χ1v) is 16.8. The Morgan fingerprint density at radius 2 is 1.42 bits per heavy atom. The maximum absolute atomic E-state index is 13.4. The zero-order valence-electron chi connectivity index (χ0n) is 23.3. The smallest absolute Gasteiger partial charge is 0.253 e. The van der Waals surface area contributed by atoms with Crippen LogP contribution in [0.25, 0.3) is 0 Å². The lowest BCUT2D eigenvalue weighted by Crippen LogP contribution is -2.51. The summed E-state index contributed by atoms with van der Waals surface area (Å²) in [6.45, 7) is 19.5. The van der Waals surface area contributed by atoms with Crippen molar-refractivity contribution >= 4 is 41.5 Å². The monoisotopic (exact) mass is 573 g/mol. The first-order valence-electron chi connectivity index (χ1n) is 13.1. The van der Waals surface area contributed by atoms with Crippen LogP contribution < -0.4 is 9.80 Å². The van der Waals surface area contributed by atoms with Crippen LogP contribution in [0.4, 0.5) is 11.4 Å². The molecule has 0 saturated carbocycles. The summed E-state index contributed by atoms with van der Waals surface area (Å²) in [4.78, 5) is 20.1. The number of anilines is 2. The number of nitrogens with zero attached hydrogens (tertiary/aromatic N) is 3. The number of carbonyl (C=O) groups is 1. The second-order valence-corrected chi connectivity index (χ2v) is 17.1. The number of benzene rings is 2. The summed E-state index contributed by atoms with van der Waals surface area (Å²) < 4.78 is 7.74. The van der Waals surface area contributed by atoms with Gasteiger partial charge in [0, 0.05) is 54.6 Å². The molecular weight excluding hydrogens is 530 g/mol. The van der Waals surface area contributed by atoms with Crippen LogP contribution in [-0.2, 0) is 4.43 Å². The quantitative estimate of drug-likeness (QED) is 0.317. The molecule has 1 amide bonds. The SMILES string of the molecule is CCC(C(C)O[Si](C)(C)C(C)(C)C)N(C)C(=O)c1ccc(N2CCN(c3ccc(Br)cc3)CC2)cc1. The van der Waals surface area contributed by atoms with E-state index in [1.165, 1.54) is 11.4 Å². The number of carbonyl (C=O) groups excluding carboxylic acids is 1. The van der Waals surface area contributed by atoms with E-state index >= 15 is 0 Å². The number of halogens is 1. The molecule has 1 heterocycles. The molecule has 2 atom stereocenters. The molecule has 1 aliphatic heterocycles. The summed E-state index contributed by atoms with van der Waals surface area (Å²) in [6.07, 6.45) is 0.852. The van der Waals surface area contributed by atoms with Gasteiger partial charge in [-0.1, -0.05) is 43.6 Å². The summed E-state index contributed by atoms with van der Waals surface area (Å²) in [5, 5.41) is 0.141. The van der Waals surface area contributed by atoms with Crippen molar-refractivity contribution < 1.29 is 9.22 Å². The van der Waals surface area contributed by atoms with E-state index in [1.807, 2.05) is 24.1 Å². The van der Waals surface area contributed by atoms with Gasteiger partial charge in [0.2, 0.25) is 0 Å². The Morgan fingerprint density at radius 1 is 0.972 bits per heavy atom. The lowest BCUT2D eigenvalue weighted by Gasteiger charge is -2.42. The zero-order valence-corrected chi connectivity index (χ0v) is 25.9. The van der Waals surface area contributed by atoms with Crippen LogP contribution in [0.2, 0.25) is 18.1 Å². The van der Waals surface area contributed by atoms with Crippen molar-refractivity contribution in [3.05, 3.63) is 58.6 Å². The third kappa shape index (κ3) is 6.72. The van der Waals surface area contributed by atoms with E-state index in [1.54, 1.807) is 0 Å². The Labute approximate surface area is 228 Å². The van der Waals surface area contributed by atoms with Gasteiger partial charge in [-0.25, -0.2) is 0 Å². The zero-order chi connectivity index (χ0) is 26.7. The molecule has 0 N–H and O–H groups in total. The van der Waals surface area contributed by atoms with E-state index < -0.39 is 8.32 Å². The van der Waals surface area contributed by atoms with Gasteiger partial charge < -0.3 is 19.1 Å². The molecular formula is C29H44BrN3O2Si. The Kier molecular flexibility index (Phi) is 9.34. The Hall–Kier alpha value is -1.83. The second kappa shape index (κ2) is 11.7. The summed E-state index contributed by atoms with van der Waals surface area (Å²) in [6, 6.07) is 16.7. The fourth-order valence-electron chi connectivity index (χ4n) is 4.68. The highest BCUT2D eigenvalue weighted by molar-refractivity contribution is 9.10. The summed E-state index contributed by atoms with van der Waals surface area (Å²) in [5.74, 6) is 0.0548. The molecule has 5 nitrogen and oxygen atoms in total.